The van der Waals surface area contributed by atoms with Gasteiger partial charge in [0, 0.05) is 19.6 Å². The molecule has 0 bridgehead atoms. The molecule has 2 aromatic carbocycles. The van der Waals surface area contributed by atoms with E-state index in [0.29, 0.717) is 38.0 Å². The third kappa shape index (κ3) is 5.76. The third-order valence-corrected chi connectivity index (χ3v) is 5.45. The Morgan fingerprint density at radius 1 is 1.00 bits per heavy atom. The summed E-state index contributed by atoms with van der Waals surface area (Å²) in [7, 11) is 1.73. The summed E-state index contributed by atoms with van der Waals surface area (Å²) in [6.45, 7) is 1.07. The summed E-state index contributed by atoms with van der Waals surface area (Å²) in [6, 6.07) is 13.6. The fourth-order valence-corrected chi connectivity index (χ4v) is 3.86. The quantitative estimate of drug-likeness (QED) is 0.610. The molecule has 0 amide bonds. The van der Waals surface area contributed by atoms with Gasteiger partial charge in [0.1, 0.15) is 0 Å². The molecule has 2 aromatic rings. The Morgan fingerprint density at radius 2 is 1.66 bits per heavy atom. The van der Waals surface area contributed by atoms with Crippen LogP contribution in [0.5, 0.6) is 0 Å². The van der Waals surface area contributed by atoms with E-state index in [0.717, 1.165) is 17.7 Å². The number of nitrogens with zero attached hydrogens (tertiary/aromatic N) is 2. The van der Waals surface area contributed by atoms with E-state index in [-0.39, 0.29) is 6.54 Å². The second-order valence-electron chi connectivity index (χ2n) is 7.69. The molecule has 1 saturated heterocycles. The highest BCUT2D eigenvalue weighted by molar-refractivity contribution is 5.24. The van der Waals surface area contributed by atoms with Crippen molar-refractivity contribution in [3.63, 3.8) is 0 Å². The van der Waals surface area contributed by atoms with Crippen molar-refractivity contribution < 1.29 is 22.0 Å². The van der Waals surface area contributed by atoms with Crippen molar-refractivity contribution in [3.8, 4) is 0 Å². The average molecular weight is 412 g/mol. The van der Waals surface area contributed by atoms with Gasteiger partial charge in [0.05, 0.1) is 18.2 Å². The molecule has 1 heterocycles. The average Bonchev–Trinajstić information content (AvgIpc) is 2.66. The molecular formula is C22H25F5N2. The van der Waals surface area contributed by atoms with Gasteiger partial charge >= 0.3 is 6.18 Å². The van der Waals surface area contributed by atoms with Crippen LogP contribution < -0.4 is 0 Å². The van der Waals surface area contributed by atoms with Crippen LogP contribution in [0.15, 0.2) is 54.6 Å². The molecule has 0 spiro atoms. The lowest BCUT2D eigenvalue weighted by Crippen LogP contribution is -2.57. The SMILES string of the molecule is CN(Cc1ccccc1)C1CCN(CCc2ccc(C(F)(F)F)cc2)CC1(F)F. The van der Waals surface area contributed by atoms with Crippen LogP contribution in [0.3, 0.4) is 0 Å². The molecule has 29 heavy (non-hydrogen) atoms. The van der Waals surface area contributed by atoms with Gasteiger partial charge in [-0.1, -0.05) is 42.5 Å². The van der Waals surface area contributed by atoms with E-state index in [1.54, 1.807) is 16.8 Å². The Morgan fingerprint density at radius 3 is 2.24 bits per heavy atom. The Kier molecular flexibility index (Phi) is 6.58. The van der Waals surface area contributed by atoms with Gasteiger partial charge in [0.2, 0.25) is 0 Å². The zero-order valence-corrected chi connectivity index (χ0v) is 16.3. The zero-order valence-electron chi connectivity index (χ0n) is 16.3. The van der Waals surface area contributed by atoms with E-state index < -0.39 is 23.7 Å². The molecule has 1 aliphatic heterocycles. The van der Waals surface area contributed by atoms with E-state index in [2.05, 4.69) is 0 Å². The number of halogens is 5. The van der Waals surface area contributed by atoms with Gasteiger partial charge in [0.15, 0.2) is 0 Å². The summed E-state index contributed by atoms with van der Waals surface area (Å²) >= 11 is 0. The first-order valence-corrected chi connectivity index (χ1v) is 9.65. The Labute approximate surface area is 167 Å². The number of piperidine rings is 1. The maximum Gasteiger partial charge on any atom is 0.416 e. The first-order chi connectivity index (χ1) is 13.6. The summed E-state index contributed by atoms with van der Waals surface area (Å²) in [4.78, 5) is 3.41. The second kappa shape index (κ2) is 8.79. The minimum Gasteiger partial charge on any atom is -0.297 e. The summed E-state index contributed by atoms with van der Waals surface area (Å²) in [5.41, 5.74) is 1.01. The molecule has 1 fully saturated rings. The summed E-state index contributed by atoms with van der Waals surface area (Å²) in [5, 5.41) is 0. The van der Waals surface area contributed by atoms with Gasteiger partial charge in [-0.3, -0.25) is 9.80 Å². The minimum absolute atomic E-state index is 0.336. The van der Waals surface area contributed by atoms with Crippen LogP contribution in [-0.4, -0.2) is 48.4 Å². The van der Waals surface area contributed by atoms with Crippen molar-refractivity contribution in [2.24, 2.45) is 0 Å². The smallest absolute Gasteiger partial charge is 0.297 e. The van der Waals surface area contributed by atoms with Crippen molar-refractivity contribution in [3.05, 3.63) is 71.3 Å². The van der Waals surface area contributed by atoms with E-state index in [1.165, 1.54) is 12.1 Å². The molecule has 0 aliphatic carbocycles. The van der Waals surface area contributed by atoms with Crippen molar-refractivity contribution in [1.29, 1.82) is 0 Å². The van der Waals surface area contributed by atoms with Crippen LogP contribution in [0.25, 0.3) is 0 Å². The third-order valence-electron chi connectivity index (χ3n) is 5.45. The molecule has 1 unspecified atom stereocenters. The van der Waals surface area contributed by atoms with Crippen LogP contribution in [0.1, 0.15) is 23.1 Å². The minimum atomic E-state index is -4.37. The molecule has 3 rings (SSSR count). The summed E-state index contributed by atoms with van der Waals surface area (Å²) in [6.07, 6.45) is -3.57. The molecule has 0 aromatic heterocycles. The van der Waals surface area contributed by atoms with Gasteiger partial charge in [-0.2, -0.15) is 13.2 Å². The van der Waals surface area contributed by atoms with Crippen molar-refractivity contribution in [2.75, 3.05) is 26.7 Å². The predicted molar refractivity (Wildman–Crippen MR) is 103 cm³/mol. The van der Waals surface area contributed by atoms with E-state index in [9.17, 15) is 22.0 Å². The first-order valence-electron chi connectivity index (χ1n) is 9.65. The van der Waals surface area contributed by atoms with Crippen molar-refractivity contribution >= 4 is 0 Å². The van der Waals surface area contributed by atoms with E-state index in [1.807, 2.05) is 30.3 Å². The predicted octanol–water partition coefficient (Wildman–Crippen LogP) is 5.09. The van der Waals surface area contributed by atoms with Crippen LogP contribution in [-0.2, 0) is 19.1 Å². The summed E-state index contributed by atoms with van der Waals surface area (Å²) < 4.78 is 67.4. The lowest BCUT2D eigenvalue weighted by molar-refractivity contribution is -0.137. The van der Waals surface area contributed by atoms with Gasteiger partial charge in [-0.05, 0) is 43.1 Å². The van der Waals surface area contributed by atoms with Crippen molar-refractivity contribution in [2.45, 2.75) is 37.5 Å². The van der Waals surface area contributed by atoms with Gasteiger partial charge in [0.25, 0.3) is 5.92 Å². The highest BCUT2D eigenvalue weighted by Crippen LogP contribution is 2.32. The van der Waals surface area contributed by atoms with Gasteiger partial charge in [-0.15, -0.1) is 0 Å². The van der Waals surface area contributed by atoms with Crippen LogP contribution in [0.2, 0.25) is 0 Å². The normalized spacial score (nSPS) is 20.2. The maximum absolute atomic E-state index is 14.8. The topological polar surface area (TPSA) is 6.48 Å². The van der Waals surface area contributed by atoms with Gasteiger partial charge < -0.3 is 0 Å². The highest BCUT2D eigenvalue weighted by atomic mass is 19.4. The molecule has 7 heteroatoms. The lowest BCUT2D eigenvalue weighted by Gasteiger charge is -2.42. The molecule has 1 aliphatic rings. The molecular weight excluding hydrogens is 387 g/mol. The van der Waals surface area contributed by atoms with Crippen LogP contribution >= 0.6 is 0 Å². The largest absolute Gasteiger partial charge is 0.416 e. The molecule has 158 valence electrons. The van der Waals surface area contributed by atoms with Crippen molar-refractivity contribution in [1.82, 2.24) is 9.80 Å². The fourth-order valence-electron chi connectivity index (χ4n) is 3.86. The standard InChI is InChI=1S/C22H25F5N2/c1-28(15-18-5-3-2-4-6-18)20-12-14-29(16-21(20,23)24)13-11-17-7-9-19(10-8-17)22(25,26)27/h2-10,20H,11-16H2,1H3. The molecule has 0 radical (unpaired) electrons. The molecule has 2 nitrogen and oxygen atoms in total. The number of alkyl halides is 5. The van der Waals surface area contributed by atoms with E-state index in [4.69, 9.17) is 0 Å². The number of hydrogen-bond acceptors (Lipinski definition) is 2. The van der Waals surface area contributed by atoms with E-state index >= 15 is 0 Å². The van der Waals surface area contributed by atoms with Gasteiger partial charge in [-0.25, -0.2) is 8.78 Å². The number of benzene rings is 2. The van der Waals surface area contributed by atoms with Crippen LogP contribution in [0.4, 0.5) is 22.0 Å². The number of likely N-dealkylation sites (tertiary alicyclic amines) is 1. The lowest BCUT2D eigenvalue weighted by atomic mass is 9.98. The fraction of sp³-hybridized carbons (Fsp3) is 0.455. The second-order valence-corrected chi connectivity index (χ2v) is 7.69. The number of hydrogen-bond donors (Lipinski definition) is 0. The number of rotatable bonds is 6. The molecule has 0 N–H and O–H groups in total. The monoisotopic (exact) mass is 412 g/mol. The first kappa shape index (κ1) is 21.7. The summed E-state index contributed by atoms with van der Waals surface area (Å²) in [5.74, 6) is -2.85. The Balaban J connectivity index is 1.53. The Bertz CT molecular complexity index is 774. The van der Waals surface area contributed by atoms with Crippen LogP contribution in [0, 0.1) is 0 Å². The maximum atomic E-state index is 14.8. The molecule has 0 saturated carbocycles. The highest BCUT2D eigenvalue weighted by Gasteiger charge is 2.46. The zero-order chi connectivity index (χ0) is 21.1. The molecule has 1 atom stereocenters. The Hall–Kier alpha value is -1.99.